The molecule has 0 aliphatic carbocycles. The summed E-state index contributed by atoms with van der Waals surface area (Å²) in [6.07, 6.45) is 1.76. The van der Waals surface area contributed by atoms with Gasteiger partial charge in [0, 0.05) is 13.1 Å². The summed E-state index contributed by atoms with van der Waals surface area (Å²) < 4.78 is 11.0. The number of morpholine rings is 1. The van der Waals surface area contributed by atoms with E-state index in [1.165, 1.54) is 18.9 Å². The molecule has 0 atom stereocenters. The first-order valence-electron chi connectivity index (χ1n) is 7.51. The van der Waals surface area contributed by atoms with Gasteiger partial charge in [-0.1, -0.05) is 30.0 Å². The Kier molecular flexibility index (Phi) is 5.40. The number of phenolic OH excluding ortho intramolecular Hbond substituents is 1. The third-order valence-electron chi connectivity index (χ3n) is 3.82. The van der Waals surface area contributed by atoms with Gasteiger partial charge in [0.05, 0.1) is 31.9 Å². The van der Waals surface area contributed by atoms with Gasteiger partial charge in [0.15, 0.2) is 11.5 Å². The number of aromatic hydroxyl groups is 1. The van der Waals surface area contributed by atoms with Crippen LogP contribution in [0.4, 0.5) is 0 Å². The molecule has 0 aromatic heterocycles. The number of carbonyl (C=O) groups excluding carboxylic acids is 1. The summed E-state index contributed by atoms with van der Waals surface area (Å²) in [5.41, 5.74) is 0.775. The van der Waals surface area contributed by atoms with Crippen LogP contribution in [0.2, 0.25) is 0 Å². The van der Waals surface area contributed by atoms with Crippen molar-refractivity contribution < 1.29 is 19.4 Å². The molecule has 1 N–H and O–H groups in total. The normalized spacial score (nSPS) is 20.9. The summed E-state index contributed by atoms with van der Waals surface area (Å²) in [6.45, 7) is 3.44. The van der Waals surface area contributed by atoms with Crippen molar-refractivity contribution in [2.75, 3.05) is 40.1 Å². The van der Waals surface area contributed by atoms with Gasteiger partial charge < -0.3 is 14.6 Å². The van der Waals surface area contributed by atoms with Crippen LogP contribution in [0.1, 0.15) is 5.56 Å². The Morgan fingerprint density at radius 3 is 2.88 bits per heavy atom. The number of ether oxygens (including phenoxy) is 2. The molecule has 2 aliphatic rings. The summed E-state index contributed by atoms with van der Waals surface area (Å²) in [4.78, 5) is 17.0. The van der Waals surface area contributed by atoms with E-state index < -0.39 is 0 Å². The lowest BCUT2D eigenvalue weighted by Crippen LogP contribution is -2.45. The maximum Gasteiger partial charge on any atom is 0.267 e. The second-order valence-electron chi connectivity index (χ2n) is 5.41. The lowest BCUT2D eigenvalue weighted by Gasteiger charge is -2.29. The van der Waals surface area contributed by atoms with Crippen molar-refractivity contribution in [1.82, 2.24) is 9.80 Å². The van der Waals surface area contributed by atoms with E-state index in [0.29, 0.717) is 34.9 Å². The molecule has 2 saturated heterocycles. The first kappa shape index (κ1) is 17.2. The molecular weight excluding hydrogens is 348 g/mol. The molecule has 0 unspecified atom stereocenters. The van der Waals surface area contributed by atoms with Gasteiger partial charge in [-0.2, -0.15) is 0 Å². The molecule has 0 spiro atoms. The highest BCUT2D eigenvalue weighted by molar-refractivity contribution is 8.26. The molecule has 1 aromatic rings. The van der Waals surface area contributed by atoms with Crippen LogP contribution in [0.5, 0.6) is 11.5 Å². The Labute approximate surface area is 150 Å². The number of hydrogen-bond donors (Lipinski definition) is 1. The van der Waals surface area contributed by atoms with Crippen LogP contribution in [-0.2, 0) is 9.53 Å². The molecule has 24 heavy (non-hydrogen) atoms. The van der Waals surface area contributed by atoms with Crippen molar-refractivity contribution in [2.24, 2.45) is 0 Å². The number of methoxy groups -OCH3 is 1. The Balaban J connectivity index is 1.75. The first-order chi connectivity index (χ1) is 11.6. The van der Waals surface area contributed by atoms with Gasteiger partial charge >= 0.3 is 0 Å². The molecule has 2 heterocycles. The minimum atomic E-state index is -0.0940. The van der Waals surface area contributed by atoms with Crippen molar-refractivity contribution in [3.63, 3.8) is 0 Å². The number of phenols is 1. The quantitative estimate of drug-likeness (QED) is 0.645. The molecule has 0 saturated carbocycles. The highest BCUT2D eigenvalue weighted by Crippen LogP contribution is 2.34. The van der Waals surface area contributed by atoms with Gasteiger partial charge in [-0.3, -0.25) is 14.6 Å². The van der Waals surface area contributed by atoms with E-state index >= 15 is 0 Å². The molecule has 2 fully saturated rings. The molecule has 128 valence electrons. The minimum absolute atomic E-state index is 0.0644. The summed E-state index contributed by atoms with van der Waals surface area (Å²) in [7, 11) is 1.49. The Bertz CT molecular complexity index is 687. The number of carbonyl (C=O) groups is 1. The van der Waals surface area contributed by atoms with E-state index in [-0.39, 0.29) is 11.7 Å². The number of benzene rings is 1. The Morgan fingerprint density at radius 2 is 2.17 bits per heavy atom. The lowest BCUT2D eigenvalue weighted by molar-refractivity contribution is -0.124. The molecule has 1 amide bonds. The summed E-state index contributed by atoms with van der Waals surface area (Å²) in [5.74, 6) is 0.339. The van der Waals surface area contributed by atoms with E-state index in [1.54, 1.807) is 29.2 Å². The minimum Gasteiger partial charge on any atom is -0.504 e. The fourth-order valence-corrected chi connectivity index (χ4v) is 3.74. The molecule has 8 heteroatoms. The smallest absolute Gasteiger partial charge is 0.267 e. The summed E-state index contributed by atoms with van der Waals surface area (Å²) in [5, 5.41) is 9.65. The molecule has 6 nitrogen and oxygen atoms in total. The lowest BCUT2D eigenvalue weighted by atomic mass is 10.2. The first-order valence-corrected chi connectivity index (χ1v) is 8.73. The van der Waals surface area contributed by atoms with Crippen molar-refractivity contribution in [3.8, 4) is 11.5 Å². The SMILES string of the molecule is COc1cc(/C=C2/SC(=S)N(CN3CCOCC3)C2=O)ccc1O. The van der Waals surface area contributed by atoms with E-state index in [9.17, 15) is 9.90 Å². The van der Waals surface area contributed by atoms with Crippen LogP contribution in [0, 0.1) is 0 Å². The zero-order chi connectivity index (χ0) is 17.1. The summed E-state index contributed by atoms with van der Waals surface area (Å²) >= 11 is 6.64. The van der Waals surface area contributed by atoms with Gasteiger partial charge in [-0.05, 0) is 23.8 Å². The fraction of sp³-hybridized carbons (Fsp3) is 0.375. The molecule has 2 aliphatic heterocycles. The third kappa shape index (κ3) is 3.72. The highest BCUT2D eigenvalue weighted by Gasteiger charge is 2.33. The number of rotatable bonds is 4. The molecule has 1 aromatic carbocycles. The maximum absolute atomic E-state index is 12.6. The number of thioether (sulfide) groups is 1. The van der Waals surface area contributed by atoms with Gasteiger partial charge in [0.2, 0.25) is 0 Å². The zero-order valence-electron chi connectivity index (χ0n) is 13.2. The molecule has 0 radical (unpaired) electrons. The topological polar surface area (TPSA) is 62.2 Å². The largest absolute Gasteiger partial charge is 0.504 e. The van der Waals surface area contributed by atoms with Gasteiger partial charge in [-0.15, -0.1) is 0 Å². The van der Waals surface area contributed by atoms with Crippen molar-refractivity contribution in [1.29, 1.82) is 0 Å². The number of amides is 1. The standard InChI is InChI=1S/C16H18N2O4S2/c1-21-13-8-11(2-3-12(13)19)9-14-15(20)18(16(23)24-14)10-17-4-6-22-7-5-17/h2-3,8-9,19H,4-7,10H2,1H3/b14-9+. The number of nitrogens with zero attached hydrogens (tertiary/aromatic N) is 2. The predicted molar refractivity (Wildman–Crippen MR) is 96.9 cm³/mol. The fourth-order valence-electron chi connectivity index (χ4n) is 2.50. The van der Waals surface area contributed by atoms with Gasteiger partial charge in [0.25, 0.3) is 5.91 Å². The van der Waals surface area contributed by atoms with Crippen LogP contribution in [0.15, 0.2) is 23.1 Å². The molecule has 3 rings (SSSR count). The van der Waals surface area contributed by atoms with Crippen LogP contribution >= 0.6 is 24.0 Å². The zero-order valence-corrected chi connectivity index (χ0v) is 14.9. The van der Waals surface area contributed by atoms with Crippen molar-refractivity contribution in [2.45, 2.75) is 0 Å². The summed E-state index contributed by atoms with van der Waals surface area (Å²) in [6, 6.07) is 4.95. The van der Waals surface area contributed by atoms with E-state index in [0.717, 1.165) is 18.7 Å². The molecular formula is C16H18N2O4S2. The second-order valence-corrected chi connectivity index (χ2v) is 7.09. The highest BCUT2D eigenvalue weighted by atomic mass is 32.2. The van der Waals surface area contributed by atoms with Crippen LogP contribution in [0.3, 0.4) is 0 Å². The Hall–Kier alpha value is -1.61. The van der Waals surface area contributed by atoms with Crippen molar-refractivity contribution >= 4 is 40.3 Å². The average Bonchev–Trinajstić information content (AvgIpc) is 2.85. The van der Waals surface area contributed by atoms with Crippen LogP contribution in [-0.4, -0.2) is 65.2 Å². The number of thiocarbonyl (C=S) groups is 1. The van der Waals surface area contributed by atoms with E-state index in [4.69, 9.17) is 21.7 Å². The third-order valence-corrected chi connectivity index (χ3v) is 5.20. The average molecular weight is 366 g/mol. The van der Waals surface area contributed by atoms with Crippen LogP contribution < -0.4 is 4.74 Å². The monoisotopic (exact) mass is 366 g/mol. The van der Waals surface area contributed by atoms with Gasteiger partial charge in [0.1, 0.15) is 4.32 Å². The maximum atomic E-state index is 12.6. The van der Waals surface area contributed by atoms with Gasteiger partial charge in [-0.25, -0.2) is 0 Å². The van der Waals surface area contributed by atoms with E-state index in [2.05, 4.69) is 4.90 Å². The van der Waals surface area contributed by atoms with E-state index in [1.807, 2.05) is 0 Å². The molecule has 0 bridgehead atoms. The second kappa shape index (κ2) is 7.52. The van der Waals surface area contributed by atoms with Crippen molar-refractivity contribution in [3.05, 3.63) is 28.7 Å². The van der Waals surface area contributed by atoms with Crippen LogP contribution in [0.25, 0.3) is 6.08 Å². The Morgan fingerprint density at radius 1 is 1.42 bits per heavy atom. The number of hydrogen-bond acceptors (Lipinski definition) is 7. The predicted octanol–water partition coefficient (Wildman–Crippen LogP) is 1.89.